The van der Waals surface area contributed by atoms with Gasteiger partial charge in [0.2, 0.25) is 11.8 Å². The molecule has 0 bridgehead atoms. The van der Waals surface area contributed by atoms with Crippen LogP contribution in [0.3, 0.4) is 0 Å². The Morgan fingerprint density at radius 3 is 2.83 bits per heavy atom. The number of rotatable bonds is 3. The van der Waals surface area contributed by atoms with Crippen molar-refractivity contribution >= 4 is 33.5 Å². The first-order valence-corrected chi connectivity index (χ1v) is 6.06. The molecule has 7 heteroatoms. The molecule has 0 amide bonds. The number of aromatic nitrogens is 2. The lowest BCUT2D eigenvalue weighted by atomic mass is 10.3. The lowest BCUT2D eigenvalue weighted by Gasteiger charge is -2.09. The number of nitrogens with zero attached hydrogens (tertiary/aromatic N) is 2. The Bertz CT molecular complexity index is 580. The van der Waals surface area contributed by atoms with Crippen LogP contribution in [-0.2, 0) is 0 Å². The predicted molar refractivity (Wildman–Crippen MR) is 72.2 cm³/mol. The van der Waals surface area contributed by atoms with Crippen molar-refractivity contribution in [2.75, 3.05) is 12.8 Å². The van der Waals surface area contributed by atoms with Crippen molar-refractivity contribution in [2.24, 2.45) is 0 Å². The molecule has 0 radical (unpaired) electrons. The Kier molecular flexibility index (Phi) is 3.88. The molecule has 0 aliphatic heterocycles. The largest absolute Gasteiger partial charge is 0.497 e. The van der Waals surface area contributed by atoms with Crippen molar-refractivity contribution in [1.29, 1.82) is 0 Å². The second kappa shape index (κ2) is 5.41. The molecule has 0 unspecified atom stereocenters. The van der Waals surface area contributed by atoms with Gasteiger partial charge < -0.3 is 15.2 Å². The first kappa shape index (κ1) is 12.9. The smallest absolute Gasteiger partial charge is 0.243 e. The van der Waals surface area contributed by atoms with Crippen LogP contribution in [0.1, 0.15) is 0 Å². The highest BCUT2D eigenvalue weighted by Crippen LogP contribution is 2.34. The lowest BCUT2D eigenvalue weighted by molar-refractivity contribution is 0.411. The number of ether oxygens (including phenoxy) is 2. The molecule has 94 valence electrons. The van der Waals surface area contributed by atoms with E-state index >= 15 is 0 Å². The Morgan fingerprint density at radius 1 is 1.39 bits per heavy atom. The fraction of sp³-hybridized carbons (Fsp3) is 0.0909. The van der Waals surface area contributed by atoms with Gasteiger partial charge in [0.1, 0.15) is 16.5 Å². The van der Waals surface area contributed by atoms with Crippen LogP contribution in [0.2, 0.25) is 5.02 Å². The Morgan fingerprint density at radius 2 is 2.17 bits per heavy atom. The summed E-state index contributed by atoms with van der Waals surface area (Å²) in [7, 11) is 1.59. The van der Waals surface area contributed by atoms with Gasteiger partial charge in [0.05, 0.1) is 17.8 Å². The number of methoxy groups -OCH3 is 1. The average Bonchev–Trinajstić information content (AvgIpc) is 2.36. The molecule has 0 fully saturated rings. The third-order valence-corrected chi connectivity index (χ3v) is 2.96. The van der Waals surface area contributed by atoms with Gasteiger partial charge in [-0.25, -0.2) is 4.98 Å². The van der Waals surface area contributed by atoms with E-state index in [0.29, 0.717) is 11.5 Å². The molecule has 18 heavy (non-hydrogen) atoms. The van der Waals surface area contributed by atoms with Crippen molar-refractivity contribution in [2.45, 2.75) is 0 Å². The third-order valence-electron chi connectivity index (χ3n) is 2.08. The third kappa shape index (κ3) is 2.83. The molecule has 5 nitrogen and oxygen atoms in total. The van der Waals surface area contributed by atoms with Crippen LogP contribution in [0.4, 0.5) is 5.95 Å². The van der Waals surface area contributed by atoms with E-state index in [4.69, 9.17) is 26.8 Å². The van der Waals surface area contributed by atoms with Gasteiger partial charge >= 0.3 is 0 Å². The molecule has 0 saturated heterocycles. The van der Waals surface area contributed by atoms with Crippen molar-refractivity contribution < 1.29 is 9.47 Å². The fourth-order valence-corrected chi connectivity index (χ4v) is 1.80. The number of benzene rings is 1. The maximum absolute atomic E-state index is 5.91. The van der Waals surface area contributed by atoms with Crippen molar-refractivity contribution in [3.63, 3.8) is 0 Å². The molecule has 0 aliphatic carbocycles. The summed E-state index contributed by atoms with van der Waals surface area (Å²) in [6.07, 6.45) is 1.39. The number of anilines is 1. The second-order valence-electron chi connectivity index (χ2n) is 3.28. The van der Waals surface area contributed by atoms with Gasteiger partial charge in [-0.3, -0.25) is 0 Å². The van der Waals surface area contributed by atoms with E-state index < -0.39 is 0 Å². The van der Waals surface area contributed by atoms with E-state index in [-0.39, 0.29) is 16.9 Å². The summed E-state index contributed by atoms with van der Waals surface area (Å²) in [6, 6.07) is 5.27. The molecule has 0 saturated carbocycles. The van der Waals surface area contributed by atoms with Crippen LogP contribution in [0, 0.1) is 0 Å². The normalized spacial score (nSPS) is 10.2. The van der Waals surface area contributed by atoms with E-state index in [1.807, 2.05) is 0 Å². The molecule has 2 rings (SSSR count). The van der Waals surface area contributed by atoms with E-state index in [2.05, 4.69) is 25.9 Å². The van der Waals surface area contributed by atoms with E-state index in [9.17, 15) is 0 Å². The van der Waals surface area contributed by atoms with Crippen LogP contribution in [0.15, 0.2) is 28.9 Å². The van der Waals surface area contributed by atoms with Gasteiger partial charge in [-0.15, -0.1) is 0 Å². The number of hydrogen-bond donors (Lipinski definition) is 1. The molecule has 0 atom stereocenters. The Hall–Kier alpha value is -1.53. The van der Waals surface area contributed by atoms with Crippen molar-refractivity contribution in [3.8, 4) is 17.4 Å². The van der Waals surface area contributed by atoms with E-state index in [0.717, 1.165) is 4.47 Å². The highest BCUT2D eigenvalue weighted by atomic mass is 79.9. The minimum absolute atomic E-state index is 0.0963. The van der Waals surface area contributed by atoms with Gasteiger partial charge in [-0.05, 0) is 34.1 Å². The molecule has 2 aromatic rings. The zero-order valence-corrected chi connectivity index (χ0v) is 11.7. The molecular weight excluding hydrogens is 321 g/mol. The maximum atomic E-state index is 5.91. The fourth-order valence-electron chi connectivity index (χ4n) is 1.23. The summed E-state index contributed by atoms with van der Waals surface area (Å²) in [5, 5.41) is 0.284. The van der Waals surface area contributed by atoms with Crippen LogP contribution in [0.25, 0.3) is 0 Å². The summed E-state index contributed by atoms with van der Waals surface area (Å²) in [6.45, 7) is 0. The minimum Gasteiger partial charge on any atom is -0.497 e. The summed E-state index contributed by atoms with van der Waals surface area (Å²) in [5.74, 6) is 1.56. The molecule has 0 aliphatic rings. The van der Waals surface area contributed by atoms with Gasteiger partial charge in [-0.1, -0.05) is 11.6 Å². The summed E-state index contributed by atoms with van der Waals surface area (Å²) >= 11 is 9.28. The molecule has 1 heterocycles. The van der Waals surface area contributed by atoms with Crippen LogP contribution < -0.4 is 15.2 Å². The standard InChI is InChI=1S/C11H9BrClN3O2/c1-17-6-2-3-9(7(12)4-6)18-10-8(13)5-15-11(14)16-10/h2-5H,1H3,(H2,14,15,16). The van der Waals surface area contributed by atoms with Crippen LogP contribution in [-0.4, -0.2) is 17.1 Å². The first-order chi connectivity index (χ1) is 8.60. The lowest BCUT2D eigenvalue weighted by Crippen LogP contribution is -1.97. The Labute approximate surface area is 117 Å². The predicted octanol–water partition coefficient (Wildman–Crippen LogP) is 3.28. The van der Waals surface area contributed by atoms with Gasteiger partial charge in [0.25, 0.3) is 0 Å². The number of nitrogen functional groups attached to an aromatic ring is 1. The van der Waals surface area contributed by atoms with Gasteiger partial charge in [0, 0.05) is 0 Å². The zero-order chi connectivity index (χ0) is 13.1. The number of hydrogen-bond acceptors (Lipinski definition) is 5. The maximum Gasteiger partial charge on any atom is 0.243 e. The molecule has 1 aromatic heterocycles. The highest BCUT2D eigenvalue weighted by Gasteiger charge is 2.09. The molecular formula is C11H9BrClN3O2. The highest BCUT2D eigenvalue weighted by molar-refractivity contribution is 9.10. The monoisotopic (exact) mass is 329 g/mol. The number of nitrogens with two attached hydrogens (primary N) is 1. The number of halogens is 2. The molecule has 0 spiro atoms. The second-order valence-corrected chi connectivity index (χ2v) is 4.54. The first-order valence-electron chi connectivity index (χ1n) is 4.89. The Balaban J connectivity index is 2.31. The van der Waals surface area contributed by atoms with Gasteiger partial charge in [0.15, 0.2) is 0 Å². The van der Waals surface area contributed by atoms with Crippen LogP contribution >= 0.6 is 27.5 Å². The minimum atomic E-state index is 0.0963. The van der Waals surface area contributed by atoms with E-state index in [1.165, 1.54) is 6.20 Å². The zero-order valence-electron chi connectivity index (χ0n) is 9.35. The molecule has 2 N–H and O–H groups in total. The molecule has 1 aromatic carbocycles. The van der Waals surface area contributed by atoms with Gasteiger partial charge in [-0.2, -0.15) is 4.98 Å². The SMILES string of the molecule is COc1ccc(Oc2nc(N)ncc2Cl)c(Br)c1. The average molecular weight is 331 g/mol. The van der Waals surface area contributed by atoms with Crippen LogP contribution in [0.5, 0.6) is 17.4 Å². The summed E-state index contributed by atoms with van der Waals surface area (Å²) in [4.78, 5) is 7.67. The topological polar surface area (TPSA) is 70.3 Å². The summed E-state index contributed by atoms with van der Waals surface area (Å²) < 4.78 is 11.4. The van der Waals surface area contributed by atoms with E-state index in [1.54, 1.807) is 25.3 Å². The van der Waals surface area contributed by atoms with Crippen molar-refractivity contribution in [1.82, 2.24) is 9.97 Å². The quantitative estimate of drug-likeness (QED) is 0.935. The summed E-state index contributed by atoms with van der Waals surface area (Å²) in [5.41, 5.74) is 5.47. The van der Waals surface area contributed by atoms with Crippen molar-refractivity contribution in [3.05, 3.63) is 33.9 Å².